The van der Waals surface area contributed by atoms with Gasteiger partial charge in [0, 0.05) is 37.4 Å². The fraction of sp³-hybridized carbons (Fsp3) is 0.643. The van der Waals surface area contributed by atoms with Gasteiger partial charge in [-0.2, -0.15) is 0 Å². The molecule has 0 spiro atoms. The largest absolute Gasteiger partial charge is 0.503 e. The van der Waals surface area contributed by atoms with Gasteiger partial charge in [-0.1, -0.05) is 0 Å². The van der Waals surface area contributed by atoms with Crippen molar-refractivity contribution in [3.63, 3.8) is 0 Å². The van der Waals surface area contributed by atoms with Crippen LogP contribution >= 0.6 is 0 Å². The third kappa shape index (κ3) is 2.98. The summed E-state index contributed by atoms with van der Waals surface area (Å²) in [5.74, 6) is -0.120. The Labute approximate surface area is 113 Å². The number of rotatable bonds is 3. The molecule has 0 saturated carbocycles. The average Bonchev–Trinajstić information content (AvgIpc) is 2.36. The number of morpholine rings is 1. The average molecular weight is 266 g/mol. The van der Waals surface area contributed by atoms with Crippen LogP contribution in [0.3, 0.4) is 0 Å². The van der Waals surface area contributed by atoms with Crippen molar-refractivity contribution in [1.29, 1.82) is 0 Å². The second kappa shape index (κ2) is 5.75. The van der Waals surface area contributed by atoms with E-state index >= 15 is 0 Å². The van der Waals surface area contributed by atoms with Gasteiger partial charge in [-0.25, -0.2) is 0 Å². The molecule has 0 bridgehead atoms. The third-order valence-electron chi connectivity index (χ3n) is 3.51. The van der Waals surface area contributed by atoms with Gasteiger partial charge in [0.1, 0.15) is 0 Å². The maximum atomic E-state index is 11.8. The summed E-state index contributed by atoms with van der Waals surface area (Å²) >= 11 is 0. The molecular formula is C14H22N2O3. The molecule has 0 unspecified atom stereocenters. The second-order valence-electron chi connectivity index (χ2n) is 5.30. The number of ether oxygens (including phenoxy) is 1. The molecule has 1 aliphatic heterocycles. The summed E-state index contributed by atoms with van der Waals surface area (Å²) < 4.78 is 7.35. The van der Waals surface area contributed by atoms with Gasteiger partial charge in [0.15, 0.2) is 5.75 Å². The Kier molecular flexibility index (Phi) is 4.27. The van der Waals surface area contributed by atoms with E-state index in [9.17, 15) is 9.90 Å². The predicted octanol–water partition coefficient (Wildman–Crippen LogP) is 1.28. The second-order valence-corrected chi connectivity index (χ2v) is 5.30. The molecule has 1 N–H and O–H groups in total. The highest BCUT2D eigenvalue weighted by molar-refractivity contribution is 5.30. The molecule has 19 heavy (non-hydrogen) atoms. The van der Waals surface area contributed by atoms with Crippen molar-refractivity contribution in [3.05, 3.63) is 27.7 Å². The van der Waals surface area contributed by atoms with E-state index in [4.69, 9.17) is 4.74 Å². The summed E-state index contributed by atoms with van der Waals surface area (Å²) in [6.07, 6.45) is 0. The van der Waals surface area contributed by atoms with Gasteiger partial charge in [0.05, 0.1) is 18.9 Å². The van der Waals surface area contributed by atoms with Crippen LogP contribution in [0.4, 0.5) is 0 Å². The topological polar surface area (TPSA) is 54.7 Å². The summed E-state index contributed by atoms with van der Waals surface area (Å²) in [5.41, 5.74) is 1.31. The molecule has 1 aromatic rings. The normalized spacial score (nSPS) is 17.1. The molecule has 0 amide bonds. The van der Waals surface area contributed by atoms with Crippen molar-refractivity contribution < 1.29 is 9.84 Å². The molecule has 1 saturated heterocycles. The third-order valence-corrected chi connectivity index (χ3v) is 3.51. The highest BCUT2D eigenvalue weighted by Crippen LogP contribution is 2.21. The van der Waals surface area contributed by atoms with Gasteiger partial charge in [-0.05, 0) is 20.8 Å². The summed E-state index contributed by atoms with van der Waals surface area (Å²) in [5, 5.41) is 10.1. The van der Waals surface area contributed by atoms with E-state index in [1.807, 2.05) is 11.5 Å². The summed E-state index contributed by atoms with van der Waals surface area (Å²) in [6.45, 7) is 9.68. The molecule has 0 atom stereocenters. The first kappa shape index (κ1) is 14.1. The van der Waals surface area contributed by atoms with Crippen molar-refractivity contribution in [3.8, 4) is 5.75 Å². The first-order chi connectivity index (χ1) is 9.00. The predicted molar refractivity (Wildman–Crippen MR) is 73.6 cm³/mol. The van der Waals surface area contributed by atoms with Crippen molar-refractivity contribution in [2.75, 3.05) is 26.3 Å². The van der Waals surface area contributed by atoms with Crippen LogP contribution in [0.5, 0.6) is 5.75 Å². The SMILES string of the molecule is Cc1cc(=O)c(O)c(CN2CCOCC2)n1C(C)C. The van der Waals surface area contributed by atoms with Crippen molar-refractivity contribution in [1.82, 2.24) is 9.47 Å². The summed E-state index contributed by atoms with van der Waals surface area (Å²) in [4.78, 5) is 14.0. The zero-order valence-corrected chi connectivity index (χ0v) is 11.8. The number of aryl methyl sites for hydroxylation is 1. The minimum Gasteiger partial charge on any atom is -0.503 e. The molecule has 1 aromatic heterocycles. The first-order valence-corrected chi connectivity index (χ1v) is 6.74. The van der Waals surface area contributed by atoms with E-state index in [-0.39, 0.29) is 17.2 Å². The van der Waals surface area contributed by atoms with Crippen molar-refractivity contribution in [2.45, 2.75) is 33.4 Å². The van der Waals surface area contributed by atoms with Crippen LogP contribution < -0.4 is 5.43 Å². The molecule has 0 radical (unpaired) electrons. The number of aromatic nitrogens is 1. The van der Waals surface area contributed by atoms with Gasteiger partial charge in [0.25, 0.3) is 0 Å². The van der Waals surface area contributed by atoms with Crippen LogP contribution in [-0.2, 0) is 11.3 Å². The lowest BCUT2D eigenvalue weighted by molar-refractivity contribution is 0.0325. The zero-order chi connectivity index (χ0) is 14.0. The molecule has 1 fully saturated rings. The molecule has 2 rings (SSSR count). The fourth-order valence-electron chi connectivity index (χ4n) is 2.64. The van der Waals surface area contributed by atoms with Gasteiger partial charge in [0.2, 0.25) is 5.43 Å². The molecule has 5 nitrogen and oxygen atoms in total. The van der Waals surface area contributed by atoms with Crippen LogP contribution in [0.25, 0.3) is 0 Å². The lowest BCUT2D eigenvalue weighted by atomic mass is 10.2. The first-order valence-electron chi connectivity index (χ1n) is 6.74. The molecule has 5 heteroatoms. The molecule has 0 aromatic carbocycles. The lowest BCUT2D eigenvalue weighted by Crippen LogP contribution is -2.37. The smallest absolute Gasteiger partial charge is 0.223 e. The summed E-state index contributed by atoms with van der Waals surface area (Å²) in [7, 11) is 0. The standard InChI is InChI=1S/C14H22N2O3/c1-10(2)16-11(3)8-13(17)14(18)12(16)9-15-4-6-19-7-5-15/h8,10,18H,4-7,9H2,1-3H3. The Bertz CT molecular complexity index is 502. The number of hydrogen-bond acceptors (Lipinski definition) is 4. The van der Waals surface area contributed by atoms with Crippen molar-refractivity contribution in [2.24, 2.45) is 0 Å². The van der Waals surface area contributed by atoms with Gasteiger partial charge >= 0.3 is 0 Å². The van der Waals surface area contributed by atoms with E-state index in [1.54, 1.807) is 0 Å². The lowest BCUT2D eigenvalue weighted by Gasteiger charge is -2.29. The van der Waals surface area contributed by atoms with Crippen LogP contribution in [0.2, 0.25) is 0 Å². The van der Waals surface area contributed by atoms with E-state index in [1.165, 1.54) is 6.07 Å². The molecule has 106 valence electrons. The van der Waals surface area contributed by atoms with Gasteiger partial charge in [-0.3, -0.25) is 9.69 Å². The minimum atomic E-state index is -0.294. The highest BCUT2D eigenvalue weighted by Gasteiger charge is 2.19. The zero-order valence-electron chi connectivity index (χ0n) is 11.8. The van der Waals surface area contributed by atoms with Crippen LogP contribution in [0.15, 0.2) is 10.9 Å². The van der Waals surface area contributed by atoms with E-state index < -0.39 is 0 Å². The van der Waals surface area contributed by atoms with Gasteiger partial charge in [-0.15, -0.1) is 0 Å². The molecule has 2 heterocycles. The van der Waals surface area contributed by atoms with Crippen molar-refractivity contribution >= 4 is 0 Å². The Morgan fingerprint density at radius 3 is 2.58 bits per heavy atom. The maximum Gasteiger partial charge on any atom is 0.223 e. The minimum absolute atomic E-state index is 0.120. The Hall–Kier alpha value is -1.33. The summed E-state index contributed by atoms with van der Waals surface area (Å²) in [6, 6.07) is 1.71. The highest BCUT2D eigenvalue weighted by atomic mass is 16.5. The molecule has 0 aliphatic carbocycles. The van der Waals surface area contributed by atoms with Crippen LogP contribution in [-0.4, -0.2) is 40.9 Å². The number of aromatic hydroxyl groups is 1. The Morgan fingerprint density at radius 2 is 2.00 bits per heavy atom. The number of pyridine rings is 1. The number of hydrogen-bond donors (Lipinski definition) is 1. The Morgan fingerprint density at radius 1 is 1.37 bits per heavy atom. The molecular weight excluding hydrogens is 244 g/mol. The monoisotopic (exact) mass is 266 g/mol. The Balaban J connectivity index is 2.38. The van der Waals surface area contributed by atoms with E-state index in [0.29, 0.717) is 25.5 Å². The van der Waals surface area contributed by atoms with Gasteiger partial charge < -0.3 is 14.4 Å². The quantitative estimate of drug-likeness (QED) is 0.895. The fourth-order valence-corrected chi connectivity index (χ4v) is 2.64. The van der Waals surface area contributed by atoms with Crippen LogP contribution in [0, 0.1) is 6.92 Å². The molecule has 1 aliphatic rings. The van der Waals surface area contributed by atoms with Crippen LogP contribution in [0.1, 0.15) is 31.3 Å². The maximum absolute atomic E-state index is 11.8. The van der Waals surface area contributed by atoms with E-state index in [0.717, 1.165) is 18.8 Å². The number of nitrogens with zero attached hydrogens (tertiary/aromatic N) is 2. The van der Waals surface area contributed by atoms with E-state index in [2.05, 4.69) is 18.7 Å².